The lowest BCUT2D eigenvalue weighted by Crippen LogP contribution is -2.21. The number of hydrogen-bond donors (Lipinski definition) is 1. The number of carbonyl (C=O) groups excluding carboxylic acids is 2. The first-order chi connectivity index (χ1) is 12.9. The summed E-state index contributed by atoms with van der Waals surface area (Å²) >= 11 is 0. The number of ether oxygens (including phenoxy) is 2. The van der Waals surface area contributed by atoms with E-state index < -0.39 is 6.04 Å². The highest BCUT2D eigenvalue weighted by molar-refractivity contribution is 5.77. The van der Waals surface area contributed by atoms with E-state index in [4.69, 9.17) is 4.74 Å². The molecule has 1 rings (SSSR count). The molecule has 6 heteroatoms. The normalized spacial score (nSPS) is 25.0. The molecule has 0 heterocycles. The van der Waals surface area contributed by atoms with Gasteiger partial charge in [0.15, 0.2) is 0 Å². The summed E-state index contributed by atoms with van der Waals surface area (Å²) in [6, 6.07) is -0.533. The molecule has 0 aromatic carbocycles. The number of allylic oxidation sites excluding steroid dienone is 1. The van der Waals surface area contributed by atoms with Crippen LogP contribution in [0.2, 0.25) is 0 Å². The minimum absolute atomic E-state index is 0.0588. The topological polar surface area (TPSA) is 85.2 Å². The van der Waals surface area contributed by atoms with Gasteiger partial charge in [0.1, 0.15) is 12.1 Å². The summed E-state index contributed by atoms with van der Waals surface area (Å²) in [5.74, 6) is -0.369. The van der Waals surface area contributed by atoms with Gasteiger partial charge < -0.3 is 14.6 Å². The fraction of sp³-hybridized carbons (Fsp3) is 0.762. The van der Waals surface area contributed by atoms with Crippen molar-refractivity contribution in [2.45, 2.75) is 84.0 Å². The molecule has 0 aliphatic heterocycles. The zero-order chi connectivity index (χ0) is 20.2. The van der Waals surface area contributed by atoms with Gasteiger partial charge in [0.25, 0.3) is 0 Å². The van der Waals surface area contributed by atoms with Crippen LogP contribution < -0.4 is 0 Å². The highest BCUT2D eigenvalue weighted by Crippen LogP contribution is 2.35. The van der Waals surface area contributed by atoms with Crippen LogP contribution in [0, 0.1) is 11.8 Å². The lowest BCUT2D eigenvalue weighted by Gasteiger charge is -2.19. The Kier molecular flexibility index (Phi) is 10.9. The number of aliphatic hydroxyl groups is 1. The van der Waals surface area contributed by atoms with Gasteiger partial charge in [0.05, 0.1) is 13.2 Å². The first-order valence-electron chi connectivity index (χ1n) is 10.0. The first-order valence-corrected chi connectivity index (χ1v) is 10.0. The summed E-state index contributed by atoms with van der Waals surface area (Å²) in [6.45, 7) is 5.26. The molecule has 5 atom stereocenters. The number of aliphatic hydroxyl groups excluding tert-OH is 1. The van der Waals surface area contributed by atoms with E-state index in [1.54, 1.807) is 13.1 Å². The molecular formula is C21H35NO5. The van der Waals surface area contributed by atoms with E-state index in [1.165, 1.54) is 14.0 Å². The molecule has 1 aliphatic carbocycles. The standard InChI is InChI=1S/C21H35NO5/c1-5-6-7-8-18(27-16(3)23)11-9-17-10-12-20(24)19(17)13-14-22-15(2)21(25)26-4/h9,11,14-15,17-20,24H,5-8,10,12-13H2,1-4H3/b11-9+,22-14?/t15-,17?,18-,19+,20?/m0/s1. The molecule has 1 fully saturated rings. The molecule has 2 unspecified atom stereocenters. The van der Waals surface area contributed by atoms with Crippen LogP contribution in [0.15, 0.2) is 17.1 Å². The van der Waals surface area contributed by atoms with Gasteiger partial charge in [0, 0.05) is 13.1 Å². The van der Waals surface area contributed by atoms with Gasteiger partial charge >= 0.3 is 11.9 Å². The summed E-state index contributed by atoms with van der Waals surface area (Å²) in [5, 5.41) is 10.3. The van der Waals surface area contributed by atoms with Crippen molar-refractivity contribution in [2.75, 3.05) is 7.11 Å². The first kappa shape index (κ1) is 23.3. The molecule has 1 saturated carbocycles. The van der Waals surface area contributed by atoms with E-state index in [0.29, 0.717) is 6.42 Å². The predicted molar refractivity (Wildman–Crippen MR) is 106 cm³/mol. The van der Waals surface area contributed by atoms with Crippen LogP contribution in [0.5, 0.6) is 0 Å². The second-order valence-corrected chi connectivity index (χ2v) is 7.27. The third-order valence-corrected chi connectivity index (χ3v) is 5.07. The highest BCUT2D eigenvalue weighted by atomic mass is 16.5. The van der Waals surface area contributed by atoms with Gasteiger partial charge in [-0.05, 0) is 56.9 Å². The lowest BCUT2D eigenvalue weighted by atomic mass is 9.91. The van der Waals surface area contributed by atoms with Crippen molar-refractivity contribution in [1.82, 2.24) is 0 Å². The average molecular weight is 382 g/mol. The van der Waals surface area contributed by atoms with Crippen molar-refractivity contribution in [1.29, 1.82) is 0 Å². The Morgan fingerprint density at radius 3 is 2.67 bits per heavy atom. The Labute approximate surface area is 163 Å². The fourth-order valence-corrected chi connectivity index (χ4v) is 3.49. The third kappa shape index (κ3) is 8.69. The van der Waals surface area contributed by atoms with Crippen molar-refractivity contribution < 1.29 is 24.2 Å². The van der Waals surface area contributed by atoms with Crippen LogP contribution in [-0.2, 0) is 19.1 Å². The summed E-state index contributed by atoms with van der Waals surface area (Å²) in [7, 11) is 1.34. The number of rotatable bonds is 11. The van der Waals surface area contributed by atoms with E-state index >= 15 is 0 Å². The number of unbranched alkanes of at least 4 members (excludes halogenated alkanes) is 2. The molecule has 1 N–H and O–H groups in total. The monoisotopic (exact) mass is 381 g/mol. The second kappa shape index (κ2) is 12.7. The van der Waals surface area contributed by atoms with Gasteiger partial charge in [-0.25, -0.2) is 4.79 Å². The zero-order valence-corrected chi connectivity index (χ0v) is 17.1. The Balaban J connectivity index is 2.65. The van der Waals surface area contributed by atoms with Crippen LogP contribution in [0.25, 0.3) is 0 Å². The zero-order valence-electron chi connectivity index (χ0n) is 17.1. The number of nitrogens with zero attached hydrogens (tertiary/aromatic N) is 1. The summed E-state index contributed by atoms with van der Waals surface area (Å²) in [5.41, 5.74) is 0. The van der Waals surface area contributed by atoms with Gasteiger partial charge in [0.2, 0.25) is 0 Å². The average Bonchev–Trinajstić information content (AvgIpc) is 2.98. The molecule has 6 nitrogen and oxygen atoms in total. The Morgan fingerprint density at radius 1 is 1.30 bits per heavy atom. The molecule has 1 aliphatic rings. The molecule has 0 aromatic heterocycles. The van der Waals surface area contributed by atoms with Gasteiger partial charge in [-0.1, -0.05) is 25.8 Å². The van der Waals surface area contributed by atoms with Gasteiger partial charge in [-0.2, -0.15) is 0 Å². The quantitative estimate of drug-likeness (QED) is 0.256. The molecule has 0 bridgehead atoms. The summed E-state index contributed by atoms with van der Waals surface area (Å²) < 4.78 is 10.1. The molecule has 0 spiro atoms. The maximum absolute atomic E-state index is 11.4. The molecule has 27 heavy (non-hydrogen) atoms. The minimum atomic E-state index is -0.533. The largest absolute Gasteiger partial charge is 0.467 e. The van der Waals surface area contributed by atoms with E-state index in [0.717, 1.165) is 38.5 Å². The number of hydrogen-bond acceptors (Lipinski definition) is 6. The van der Waals surface area contributed by atoms with E-state index in [2.05, 4.69) is 22.7 Å². The maximum atomic E-state index is 11.4. The van der Waals surface area contributed by atoms with Crippen molar-refractivity contribution in [3.05, 3.63) is 12.2 Å². The predicted octanol–water partition coefficient (Wildman–Crippen LogP) is 3.46. The van der Waals surface area contributed by atoms with Crippen LogP contribution in [0.1, 0.15) is 65.7 Å². The van der Waals surface area contributed by atoms with Gasteiger partial charge in [-0.15, -0.1) is 0 Å². The highest BCUT2D eigenvalue weighted by Gasteiger charge is 2.32. The van der Waals surface area contributed by atoms with Crippen molar-refractivity contribution in [3.8, 4) is 0 Å². The number of carbonyl (C=O) groups is 2. The second-order valence-electron chi connectivity index (χ2n) is 7.27. The van der Waals surface area contributed by atoms with E-state index in [9.17, 15) is 14.7 Å². The van der Waals surface area contributed by atoms with Crippen LogP contribution >= 0.6 is 0 Å². The lowest BCUT2D eigenvalue weighted by molar-refractivity contribution is -0.144. The summed E-state index contributed by atoms with van der Waals surface area (Å²) in [4.78, 5) is 26.9. The van der Waals surface area contributed by atoms with Crippen LogP contribution in [0.3, 0.4) is 0 Å². The van der Waals surface area contributed by atoms with Crippen molar-refractivity contribution in [2.24, 2.45) is 16.8 Å². The van der Waals surface area contributed by atoms with Crippen LogP contribution in [0.4, 0.5) is 0 Å². The van der Waals surface area contributed by atoms with E-state index in [-0.39, 0.29) is 36.0 Å². The molecule has 154 valence electrons. The number of methoxy groups -OCH3 is 1. The molecule has 0 amide bonds. The Hall–Kier alpha value is -1.69. The number of aliphatic imine (C=N–C) groups is 1. The SMILES string of the molecule is CCCCC[C@@H](/C=C/C1CCC(O)[C@@H]1CC=N[C@@H](C)C(=O)OC)OC(C)=O. The van der Waals surface area contributed by atoms with Gasteiger partial charge in [-0.3, -0.25) is 9.79 Å². The molecular weight excluding hydrogens is 346 g/mol. The van der Waals surface area contributed by atoms with Crippen molar-refractivity contribution in [3.63, 3.8) is 0 Å². The smallest absolute Gasteiger partial charge is 0.330 e. The summed E-state index contributed by atoms with van der Waals surface area (Å²) in [6.07, 6.45) is 11.5. The molecule has 0 saturated heterocycles. The molecule has 0 radical (unpaired) electrons. The Bertz CT molecular complexity index is 517. The van der Waals surface area contributed by atoms with Crippen LogP contribution in [-0.4, -0.2) is 48.6 Å². The van der Waals surface area contributed by atoms with Crippen molar-refractivity contribution >= 4 is 18.2 Å². The molecule has 0 aromatic rings. The van der Waals surface area contributed by atoms with E-state index in [1.807, 2.05) is 6.08 Å². The minimum Gasteiger partial charge on any atom is -0.467 e. The maximum Gasteiger partial charge on any atom is 0.330 e. The third-order valence-electron chi connectivity index (χ3n) is 5.07. The fourth-order valence-electron chi connectivity index (χ4n) is 3.49. The number of esters is 2. The Morgan fingerprint density at radius 2 is 2.04 bits per heavy atom.